The van der Waals surface area contributed by atoms with E-state index < -0.39 is 0 Å². The Balaban J connectivity index is 2.02. The third-order valence-corrected chi connectivity index (χ3v) is 4.13. The Kier molecular flexibility index (Phi) is 3.68. The predicted octanol–water partition coefficient (Wildman–Crippen LogP) is 4.10. The first-order chi connectivity index (χ1) is 10.1. The van der Waals surface area contributed by atoms with Crippen LogP contribution in [0.15, 0.2) is 36.4 Å². The zero-order valence-corrected chi connectivity index (χ0v) is 12.6. The maximum absolute atomic E-state index is 14.2. The summed E-state index contributed by atoms with van der Waals surface area (Å²) in [6.45, 7) is 4.12. The van der Waals surface area contributed by atoms with E-state index in [4.69, 9.17) is 4.74 Å². The summed E-state index contributed by atoms with van der Waals surface area (Å²) in [5, 5.41) is 3.18. The van der Waals surface area contributed by atoms with Gasteiger partial charge in [0, 0.05) is 18.0 Å². The fourth-order valence-corrected chi connectivity index (χ4v) is 2.79. The highest BCUT2D eigenvalue weighted by Crippen LogP contribution is 2.34. The molecule has 0 fully saturated rings. The van der Waals surface area contributed by atoms with Crippen molar-refractivity contribution < 1.29 is 9.13 Å². The molecule has 1 aliphatic rings. The SMILES string of the molecule is CNC(C)c1ccc(F)c(-c2ccc3c(c2)CC(C)O3)c1. The molecule has 2 unspecified atom stereocenters. The van der Waals surface area contributed by atoms with Crippen molar-refractivity contribution in [2.45, 2.75) is 32.4 Å². The van der Waals surface area contributed by atoms with Crippen LogP contribution in [0.1, 0.15) is 31.0 Å². The summed E-state index contributed by atoms with van der Waals surface area (Å²) in [7, 11) is 1.90. The number of hydrogen-bond acceptors (Lipinski definition) is 2. The molecule has 3 heteroatoms. The molecule has 1 N–H and O–H groups in total. The first-order valence-corrected chi connectivity index (χ1v) is 7.35. The van der Waals surface area contributed by atoms with E-state index in [0.717, 1.165) is 28.9 Å². The molecule has 3 rings (SSSR count). The maximum atomic E-state index is 14.2. The van der Waals surface area contributed by atoms with Crippen LogP contribution in [0.2, 0.25) is 0 Å². The van der Waals surface area contributed by atoms with Gasteiger partial charge in [0.25, 0.3) is 0 Å². The van der Waals surface area contributed by atoms with Crippen molar-refractivity contribution in [3.05, 3.63) is 53.3 Å². The normalized spacial score (nSPS) is 18.2. The van der Waals surface area contributed by atoms with Gasteiger partial charge < -0.3 is 10.1 Å². The van der Waals surface area contributed by atoms with Gasteiger partial charge in [-0.05, 0) is 61.9 Å². The number of hydrogen-bond donors (Lipinski definition) is 1. The maximum Gasteiger partial charge on any atom is 0.131 e. The quantitative estimate of drug-likeness (QED) is 0.917. The average Bonchev–Trinajstić information content (AvgIpc) is 2.86. The molecule has 2 atom stereocenters. The Labute approximate surface area is 125 Å². The molecular weight excluding hydrogens is 265 g/mol. The topological polar surface area (TPSA) is 21.3 Å². The van der Waals surface area contributed by atoms with Gasteiger partial charge in [0.15, 0.2) is 0 Å². The van der Waals surface area contributed by atoms with Crippen molar-refractivity contribution in [3.8, 4) is 16.9 Å². The molecule has 0 saturated carbocycles. The van der Waals surface area contributed by atoms with Gasteiger partial charge in [0.2, 0.25) is 0 Å². The fraction of sp³-hybridized carbons (Fsp3) is 0.333. The van der Waals surface area contributed by atoms with Crippen molar-refractivity contribution >= 4 is 0 Å². The standard InChI is InChI=1S/C18H20FNO/c1-11-8-15-9-14(5-7-18(15)21-11)16-10-13(12(2)20-3)4-6-17(16)19/h4-7,9-12,20H,8H2,1-3H3. The number of benzene rings is 2. The lowest BCUT2D eigenvalue weighted by molar-refractivity contribution is 0.254. The average molecular weight is 285 g/mol. The van der Waals surface area contributed by atoms with Crippen LogP contribution in [-0.2, 0) is 6.42 Å². The molecule has 2 aromatic carbocycles. The largest absolute Gasteiger partial charge is 0.490 e. The second kappa shape index (κ2) is 5.49. The van der Waals surface area contributed by atoms with Crippen LogP contribution in [0.25, 0.3) is 11.1 Å². The van der Waals surface area contributed by atoms with Crippen LogP contribution in [0.4, 0.5) is 4.39 Å². The lowest BCUT2D eigenvalue weighted by Crippen LogP contribution is -2.12. The van der Waals surface area contributed by atoms with Gasteiger partial charge in [-0.2, -0.15) is 0 Å². The van der Waals surface area contributed by atoms with E-state index in [-0.39, 0.29) is 18.0 Å². The van der Waals surface area contributed by atoms with Crippen LogP contribution >= 0.6 is 0 Å². The minimum absolute atomic E-state index is 0.186. The van der Waals surface area contributed by atoms with Gasteiger partial charge in [0.05, 0.1) is 0 Å². The molecule has 0 bridgehead atoms. The summed E-state index contributed by atoms with van der Waals surface area (Å²) in [6, 6.07) is 11.4. The Bertz CT molecular complexity index is 668. The molecule has 0 radical (unpaired) electrons. The zero-order chi connectivity index (χ0) is 15.0. The third kappa shape index (κ3) is 2.66. The number of rotatable bonds is 3. The molecule has 0 saturated heterocycles. The van der Waals surface area contributed by atoms with Gasteiger partial charge in [-0.15, -0.1) is 0 Å². The minimum atomic E-state index is -0.186. The Morgan fingerprint density at radius 2 is 2.05 bits per heavy atom. The molecule has 2 nitrogen and oxygen atoms in total. The van der Waals surface area contributed by atoms with Crippen LogP contribution in [0.3, 0.4) is 0 Å². The van der Waals surface area contributed by atoms with E-state index in [1.54, 1.807) is 6.07 Å². The van der Waals surface area contributed by atoms with E-state index in [9.17, 15) is 4.39 Å². The highest BCUT2D eigenvalue weighted by Gasteiger charge is 2.20. The fourth-order valence-electron chi connectivity index (χ4n) is 2.79. The number of halogens is 1. The van der Waals surface area contributed by atoms with Crippen molar-refractivity contribution in [3.63, 3.8) is 0 Å². The van der Waals surface area contributed by atoms with Gasteiger partial charge in [0.1, 0.15) is 17.7 Å². The van der Waals surface area contributed by atoms with Crippen LogP contribution in [-0.4, -0.2) is 13.2 Å². The zero-order valence-electron chi connectivity index (χ0n) is 12.6. The van der Waals surface area contributed by atoms with Crippen molar-refractivity contribution in [1.82, 2.24) is 5.32 Å². The first-order valence-electron chi connectivity index (χ1n) is 7.35. The van der Waals surface area contributed by atoms with E-state index in [2.05, 4.69) is 19.2 Å². The minimum Gasteiger partial charge on any atom is -0.490 e. The second-order valence-electron chi connectivity index (χ2n) is 5.70. The molecule has 1 aliphatic heterocycles. The van der Waals surface area contributed by atoms with Crippen molar-refractivity contribution in [2.75, 3.05) is 7.05 Å². The number of nitrogens with one attached hydrogen (secondary N) is 1. The van der Waals surface area contributed by atoms with Gasteiger partial charge in [-0.1, -0.05) is 12.1 Å². The Morgan fingerprint density at radius 1 is 1.24 bits per heavy atom. The lowest BCUT2D eigenvalue weighted by Gasteiger charge is -2.13. The van der Waals surface area contributed by atoms with Gasteiger partial charge in [-0.25, -0.2) is 4.39 Å². The summed E-state index contributed by atoms with van der Waals surface area (Å²) in [4.78, 5) is 0. The van der Waals surface area contributed by atoms with Crippen LogP contribution in [0.5, 0.6) is 5.75 Å². The molecule has 110 valence electrons. The Morgan fingerprint density at radius 3 is 2.81 bits per heavy atom. The van der Waals surface area contributed by atoms with Crippen LogP contribution in [0, 0.1) is 5.82 Å². The summed E-state index contributed by atoms with van der Waals surface area (Å²) in [5.74, 6) is 0.736. The molecule has 1 heterocycles. The first kappa shape index (κ1) is 14.1. The molecule has 0 amide bonds. The van der Waals surface area contributed by atoms with Crippen molar-refractivity contribution in [1.29, 1.82) is 0 Å². The summed E-state index contributed by atoms with van der Waals surface area (Å²) in [6.07, 6.45) is 1.09. The molecule has 0 spiro atoms. The number of fused-ring (bicyclic) bond motifs is 1. The van der Waals surface area contributed by atoms with Gasteiger partial charge >= 0.3 is 0 Å². The van der Waals surface area contributed by atoms with Gasteiger partial charge in [-0.3, -0.25) is 0 Å². The highest BCUT2D eigenvalue weighted by atomic mass is 19.1. The highest BCUT2D eigenvalue weighted by molar-refractivity contribution is 5.67. The van der Waals surface area contributed by atoms with E-state index >= 15 is 0 Å². The third-order valence-electron chi connectivity index (χ3n) is 4.13. The van der Waals surface area contributed by atoms with E-state index in [0.29, 0.717) is 5.56 Å². The van der Waals surface area contributed by atoms with E-state index in [1.165, 1.54) is 0 Å². The summed E-state index contributed by atoms with van der Waals surface area (Å²) in [5.41, 5.74) is 3.80. The molecular formula is C18H20FNO. The molecule has 2 aromatic rings. The lowest BCUT2D eigenvalue weighted by atomic mass is 9.97. The predicted molar refractivity (Wildman–Crippen MR) is 83.1 cm³/mol. The summed E-state index contributed by atoms with van der Waals surface area (Å²) >= 11 is 0. The number of ether oxygens (including phenoxy) is 1. The second-order valence-corrected chi connectivity index (χ2v) is 5.70. The van der Waals surface area contributed by atoms with Crippen molar-refractivity contribution in [2.24, 2.45) is 0 Å². The smallest absolute Gasteiger partial charge is 0.131 e. The van der Waals surface area contributed by atoms with Crippen LogP contribution < -0.4 is 10.1 Å². The molecule has 0 aliphatic carbocycles. The van der Waals surface area contributed by atoms with E-state index in [1.807, 2.05) is 37.4 Å². The Hall–Kier alpha value is -1.87. The monoisotopic (exact) mass is 285 g/mol. The molecule has 21 heavy (non-hydrogen) atoms. The summed E-state index contributed by atoms with van der Waals surface area (Å²) < 4.78 is 19.9. The molecule has 0 aromatic heterocycles.